The van der Waals surface area contributed by atoms with Crippen molar-refractivity contribution in [3.63, 3.8) is 0 Å². The standard InChI is InChI=1S/C14H17BrN2O/c1-10(2)17-9-12(8-16-17)14(18)7-11-5-3-4-6-13(11)15/h3-6,8-10,14,18H,7H2,1-2H3. The van der Waals surface area contributed by atoms with Crippen LogP contribution in [0.1, 0.15) is 37.1 Å². The zero-order chi connectivity index (χ0) is 13.1. The Kier molecular flexibility index (Phi) is 4.19. The summed E-state index contributed by atoms with van der Waals surface area (Å²) in [5.41, 5.74) is 1.96. The lowest BCUT2D eigenvalue weighted by molar-refractivity contribution is 0.178. The zero-order valence-electron chi connectivity index (χ0n) is 10.5. The van der Waals surface area contributed by atoms with Crippen molar-refractivity contribution < 1.29 is 5.11 Å². The molecule has 0 radical (unpaired) electrons. The number of benzene rings is 1. The van der Waals surface area contributed by atoms with Gasteiger partial charge in [0.25, 0.3) is 0 Å². The Morgan fingerprint density at radius 2 is 2.06 bits per heavy atom. The van der Waals surface area contributed by atoms with Gasteiger partial charge in [-0.2, -0.15) is 5.10 Å². The molecule has 2 aromatic rings. The lowest BCUT2D eigenvalue weighted by Gasteiger charge is -2.10. The summed E-state index contributed by atoms with van der Waals surface area (Å²) in [5.74, 6) is 0. The first-order valence-corrected chi connectivity index (χ1v) is 6.82. The summed E-state index contributed by atoms with van der Waals surface area (Å²) in [4.78, 5) is 0. The smallest absolute Gasteiger partial charge is 0.0861 e. The van der Waals surface area contributed by atoms with Gasteiger partial charge in [-0.25, -0.2) is 0 Å². The molecule has 1 N–H and O–H groups in total. The predicted octanol–water partition coefficient (Wildman–Crippen LogP) is 3.50. The number of aliphatic hydroxyl groups is 1. The molecule has 0 bridgehead atoms. The maximum Gasteiger partial charge on any atom is 0.0861 e. The van der Waals surface area contributed by atoms with Gasteiger partial charge in [0.05, 0.1) is 12.3 Å². The van der Waals surface area contributed by atoms with E-state index in [-0.39, 0.29) is 0 Å². The van der Waals surface area contributed by atoms with Crippen molar-refractivity contribution in [2.45, 2.75) is 32.4 Å². The van der Waals surface area contributed by atoms with Crippen LogP contribution in [0.15, 0.2) is 41.1 Å². The lowest BCUT2D eigenvalue weighted by atomic mass is 10.0. The van der Waals surface area contributed by atoms with Gasteiger partial charge in [-0.05, 0) is 25.5 Å². The molecule has 0 aliphatic carbocycles. The highest BCUT2D eigenvalue weighted by Crippen LogP contribution is 2.23. The van der Waals surface area contributed by atoms with Crippen LogP contribution in [0, 0.1) is 0 Å². The first kappa shape index (κ1) is 13.3. The third-order valence-electron chi connectivity index (χ3n) is 2.91. The molecule has 1 unspecified atom stereocenters. The molecule has 0 amide bonds. The average Bonchev–Trinajstić information content (AvgIpc) is 2.81. The topological polar surface area (TPSA) is 38.0 Å². The number of rotatable bonds is 4. The molecule has 0 aliphatic rings. The van der Waals surface area contributed by atoms with E-state index in [0.717, 1.165) is 15.6 Å². The normalized spacial score (nSPS) is 12.9. The third kappa shape index (κ3) is 3.00. The fourth-order valence-electron chi connectivity index (χ4n) is 1.80. The van der Waals surface area contributed by atoms with Crippen LogP contribution in [0.2, 0.25) is 0 Å². The highest BCUT2D eigenvalue weighted by molar-refractivity contribution is 9.10. The van der Waals surface area contributed by atoms with Crippen LogP contribution in [0.25, 0.3) is 0 Å². The maximum atomic E-state index is 10.2. The van der Waals surface area contributed by atoms with E-state index in [0.29, 0.717) is 12.5 Å². The first-order chi connectivity index (χ1) is 8.58. The molecule has 1 aromatic carbocycles. The SMILES string of the molecule is CC(C)n1cc(C(O)Cc2ccccc2Br)cn1. The first-order valence-electron chi connectivity index (χ1n) is 6.03. The number of hydrogen-bond acceptors (Lipinski definition) is 2. The van der Waals surface area contributed by atoms with Crippen molar-refractivity contribution in [2.24, 2.45) is 0 Å². The fraction of sp³-hybridized carbons (Fsp3) is 0.357. The van der Waals surface area contributed by atoms with Crippen molar-refractivity contribution >= 4 is 15.9 Å². The van der Waals surface area contributed by atoms with E-state index in [1.165, 1.54) is 0 Å². The van der Waals surface area contributed by atoms with Crippen LogP contribution in [0.3, 0.4) is 0 Å². The summed E-state index contributed by atoms with van der Waals surface area (Å²) in [6.07, 6.45) is 3.72. The summed E-state index contributed by atoms with van der Waals surface area (Å²) < 4.78 is 2.89. The number of nitrogens with zero attached hydrogens (tertiary/aromatic N) is 2. The summed E-state index contributed by atoms with van der Waals surface area (Å²) >= 11 is 3.49. The van der Waals surface area contributed by atoms with E-state index in [4.69, 9.17) is 0 Å². The molecule has 0 saturated heterocycles. The molecule has 0 fully saturated rings. The Morgan fingerprint density at radius 1 is 1.33 bits per heavy atom. The molecular weight excluding hydrogens is 292 g/mol. The van der Waals surface area contributed by atoms with Crippen molar-refractivity contribution in [1.29, 1.82) is 0 Å². The van der Waals surface area contributed by atoms with Gasteiger partial charge >= 0.3 is 0 Å². The summed E-state index contributed by atoms with van der Waals surface area (Å²) in [5, 5.41) is 14.5. The van der Waals surface area contributed by atoms with Gasteiger partial charge in [-0.1, -0.05) is 34.1 Å². The van der Waals surface area contributed by atoms with Crippen LogP contribution >= 0.6 is 15.9 Å². The van der Waals surface area contributed by atoms with Crippen LogP contribution in [0.4, 0.5) is 0 Å². The van der Waals surface area contributed by atoms with E-state index in [2.05, 4.69) is 34.9 Å². The monoisotopic (exact) mass is 308 g/mol. The Morgan fingerprint density at radius 3 is 2.67 bits per heavy atom. The second-order valence-electron chi connectivity index (χ2n) is 4.66. The zero-order valence-corrected chi connectivity index (χ0v) is 12.1. The van der Waals surface area contributed by atoms with Crippen LogP contribution in [-0.4, -0.2) is 14.9 Å². The van der Waals surface area contributed by atoms with E-state index >= 15 is 0 Å². The van der Waals surface area contributed by atoms with Crippen molar-refractivity contribution in [3.8, 4) is 0 Å². The molecule has 1 heterocycles. The minimum Gasteiger partial charge on any atom is -0.388 e. The molecule has 3 nitrogen and oxygen atoms in total. The van der Waals surface area contributed by atoms with Crippen molar-refractivity contribution in [3.05, 3.63) is 52.3 Å². The van der Waals surface area contributed by atoms with Crippen molar-refractivity contribution in [1.82, 2.24) is 9.78 Å². The third-order valence-corrected chi connectivity index (χ3v) is 3.68. The average molecular weight is 309 g/mol. The molecule has 1 atom stereocenters. The molecule has 0 saturated carbocycles. The number of hydrogen-bond donors (Lipinski definition) is 1. The maximum absolute atomic E-state index is 10.2. The largest absolute Gasteiger partial charge is 0.388 e. The van der Waals surface area contributed by atoms with Crippen molar-refractivity contribution in [2.75, 3.05) is 0 Å². The Balaban J connectivity index is 2.12. The van der Waals surface area contributed by atoms with E-state index in [1.54, 1.807) is 6.20 Å². The highest BCUT2D eigenvalue weighted by Gasteiger charge is 2.13. The summed E-state index contributed by atoms with van der Waals surface area (Å²) in [7, 11) is 0. The van der Waals surface area contributed by atoms with Gasteiger partial charge in [-0.15, -0.1) is 0 Å². The number of halogens is 1. The van der Waals surface area contributed by atoms with Crippen LogP contribution < -0.4 is 0 Å². The second-order valence-corrected chi connectivity index (χ2v) is 5.51. The second kappa shape index (κ2) is 5.67. The van der Waals surface area contributed by atoms with Gasteiger partial charge in [0.1, 0.15) is 0 Å². The van der Waals surface area contributed by atoms with E-state index < -0.39 is 6.10 Å². The Labute approximate surface area is 116 Å². The molecule has 18 heavy (non-hydrogen) atoms. The molecule has 2 rings (SSSR count). The predicted molar refractivity (Wildman–Crippen MR) is 75.4 cm³/mol. The molecule has 0 aliphatic heterocycles. The van der Waals surface area contributed by atoms with Crippen LogP contribution in [0.5, 0.6) is 0 Å². The molecule has 1 aromatic heterocycles. The summed E-state index contributed by atoms with van der Waals surface area (Å²) in [6.45, 7) is 4.13. The fourth-order valence-corrected chi connectivity index (χ4v) is 2.24. The van der Waals surface area contributed by atoms with Gasteiger partial charge in [0.2, 0.25) is 0 Å². The van der Waals surface area contributed by atoms with Gasteiger partial charge in [0, 0.05) is 28.7 Å². The van der Waals surface area contributed by atoms with Gasteiger partial charge in [0.15, 0.2) is 0 Å². The van der Waals surface area contributed by atoms with Gasteiger partial charge < -0.3 is 5.11 Å². The Bertz CT molecular complexity index is 522. The minimum absolute atomic E-state index is 0.314. The minimum atomic E-state index is -0.517. The van der Waals surface area contributed by atoms with Gasteiger partial charge in [-0.3, -0.25) is 4.68 Å². The molecule has 0 spiro atoms. The molecule has 4 heteroatoms. The summed E-state index contributed by atoms with van der Waals surface area (Å²) in [6, 6.07) is 8.26. The molecular formula is C14H17BrN2O. The van der Waals surface area contributed by atoms with E-state index in [1.807, 2.05) is 35.1 Å². The highest BCUT2D eigenvalue weighted by atomic mass is 79.9. The number of aromatic nitrogens is 2. The molecule has 96 valence electrons. The Hall–Kier alpha value is -1.13. The number of aliphatic hydroxyl groups excluding tert-OH is 1. The van der Waals surface area contributed by atoms with E-state index in [9.17, 15) is 5.11 Å². The van der Waals surface area contributed by atoms with Crippen LogP contribution in [-0.2, 0) is 6.42 Å². The quantitative estimate of drug-likeness (QED) is 0.938. The lowest BCUT2D eigenvalue weighted by Crippen LogP contribution is -2.03.